The molecule has 0 atom stereocenters. The van der Waals surface area contributed by atoms with Crippen molar-refractivity contribution in [1.82, 2.24) is 47.0 Å². The Morgan fingerprint density at radius 3 is 0.641 bits per heavy atom. The van der Waals surface area contributed by atoms with Crippen LogP contribution in [-0.4, -0.2) is 216 Å². The molecule has 0 fully saturated rings. The van der Waals surface area contributed by atoms with E-state index >= 15 is 0 Å². The van der Waals surface area contributed by atoms with Crippen LogP contribution >= 0.6 is 0 Å². The molecule has 8 aromatic carbocycles. The van der Waals surface area contributed by atoms with Gasteiger partial charge in [-0.25, -0.2) is 90.4 Å². The first-order chi connectivity index (χ1) is 56.0. The fourth-order valence-corrected chi connectivity index (χ4v) is 14.6. The van der Waals surface area contributed by atoms with E-state index in [0.717, 1.165) is 110 Å². The van der Waals surface area contributed by atoms with Crippen LogP contribution in [0.15, 0.2) is 224 Å². The van der Waals surface area contributed by atoms with Gasteiger partial charge in [-0.15, -0.1) is 25.3 Å². The maximum Gasteiger partial charge on any atom is 2.00 e. The van der Waals surface area contributed by atoms with Crippen molar-refractivity contribution in [2.24, 2.45) is 30.0 Å². The molecule has 11 heterocycles. The standard InChI is InChI=1S/2C32H16N8.6CH4O3S.3CH3.Al.8Na.2O3S.Zn/c2*1-2-10-18-17(9-1)25-33-26(18)38-28-21-13-5-6-14-22(21)30(35-28)40-32-24-16-8-7-15-23(24)31(36-32)39-29-20-12-4-3-11-19(20)27(34-29)37-25;6*1-5(2,3)4;;;;;;;;;;;;;2*1-4(2)3;/h2*1-16H;6*1H3,(H,2,3,4);3*1H3;;;;;;;;;;;;/q2*-2;;;;;;;;2*-1;+2;8*+1;;;+2/p-6. The van der Waals surface area contributed by atoms with E-state index in [9.17, 15) is 0 Å². The molecule has 0 unspecified atom stereocenters. The molecule has 58 heteroatoms. The molecule has 19 rings (SSSR count). The first kappa shape index (κ1) is 129. The van der Waals surface area contributed by atoms with Gasteiger partial charge in [0.2, 0.25) is 0 Å². The molecule has 131 heavy (non-hydrogen) atoms. The zero-order valence-electron chi connectivity index (χ0n) is 73.0. The van der Waals surface area contributed by atoms with Crippen LogP contribution in [0.5, 0.6) is 0 Å². The van der Waals surface area contributed by atoms with Crippen LogP contribution in [0.4, 0.5) is 11.6 Å². The van der Waals surface area contributed by atoms with Crippen LogP contribution in [-0.2, 0) is 101 Å². The molecule has 0 amide bonds. The van der Waals surface area contributed by atoms with Crippen molar-refractivity contribution in [1.29, 1.82) is 0 Å². The summed E-state index contributed by atoms with van der Waals surface area (Å²) in [5, 5.41) is 7.72. The van der Waals surface area contributed by atoms with Gasteiger partial charge in [-0.05, 0) is 21.5 Å². The Morgan fingerprint density at radius 2 is 0.435 bits per heavy atom. The van der Waals surface area contributed by atoms with E-state index in [2.05, 4.69) is 85.7 Å². The zero-order chi connectivity index (χ0) is 87.9. The summed E-state index contributed by atoms with van der Waals surface area (Å²) in [5.41, 5.74) is 11.4. The normalized spacial score (nSPS) is 11.7. The Balaban J connectivity index is 0. The molecule has 636 valence electrons. The van der Waals surface area contributed by atoms with Gasteiger partial charge >= 0.3 is 292 Å². The Labute approximate surface area is 949 Å². The number of rotatable bonds is 0. The SMILES string of the molecule is CS(=O)(=O)[O-].CS(=O)(=O)[O-].CS(=O)(=O)[O-].CS(=O)(=O)[O-].CS(=O)(=O)[O-].CS(=O)(=O)[O-].O=S(=O)=O.O=S(=O)=O.[CH3-].[CH3-].[CH3][Al]1[n]2c3c4ccccc4c2N=C2N=C(N=c4c5ccccc5c([n]41)=NC1=NC(=N3)c3ccccc31)c1ccccc12.[Na+].[Na+].[Na+].[Na+].[Na+].[Na+].[Na+].[Na+].[Zn+2].c1ccc2c(c1)-c1nc-2nc2[n-]c(nc3nc(nc4[n-]c(n1)c1ccccc41)-c1ccccc1-3)c1ccccc21. The molecule has 6 aliphatic rings. The minimum Gasteiger partial charge on any atom is -0.748 e. The molecule has 0 saturated heterocycles. The topological polar surface area (TPSA) is 635 Å². The fourth-order valence-electron chi connectivity index (χ4n) is 12.1. The second kappa shape index (κ2) is 55.4. The second-order valence-electron chi connectivity index (χ2n) is 25.1. The van der Waals surface area contributed by atoms with Gasteiger partial charge in [-0.1, -0.05) is 200 Å². The van der Waals surface area contributed by atoms with Crippen LogP contribution in [0.2, 0.25) is 5.79 Å². The van der Waals surface area contributed by atoms with Crippen LogP contribution in [0.25, 0.3) is 111 Å². The summed E-state index contributed by atoms with van der Waals surface area (Å²) >= 11 is -2.18. The van der Waals surface area contributed by atoms with Crippen molar-refractivity contribution in [2.75, 3.05) is 37.5 Å². The molecular formula is C73H59AlN16Na8O24S8Zn. The fraction of sp³-hybridized carbons (Fsp3) is 0.0959. The van der Waals surface area contributed by atoms with Crippen molar-refractivity contribution >= 4 is 197 Å². The molecule has 0 radical (unpaired) electrons. The number of amidine groups is 4. The van der Waals surface area contributed by atoms with Crippen LogP contribution in [0, 0.1) is 14.9 Å². The average Bonchev–Trinajstić information content (AvgIpc) is 1.55. The molecule has 6 aliphatic heterocycles. The van der Waals surface area contributed by atoms with Gasteiger partial charge in [0.1, 0.15) is 22.6 Å². The van der Waals surface area contributed by atoms with Crippen molar-refractivity contribution in [2.45, 2.75) is 5.79 Å². The summed E-state index contributed by atoms with van der Waals surface area (Å²) in [4.78, 5) is 70.6. The number of aliphatic imine (C=N–C) groups is 4. The smallest absolute Gasteiger partial charge is 0.748 e. The summed E-state index contributed by atoms with van der Waals surface area (Å²) in [5.74, 6) is 8.89. The van der Waals surface area contributed by atoms with Gasteiger partial charge in [-0.2, -0.15) is 0 Å². The summed E-state index contributed by atoms with van der Waals surface area (Å²) in [6.07, 6.45) is 3.62. The number of nitrogens with zero attached hydrogens (tertiary/aromatic N) is 16. The molecule has 0 N–H and O–H groups in total. The van der Waals surface area contributed by atoms with Crippen molar-refractivity contribution in [3.05, 3.63) is 242 Å². The predicted octanol–water partition coefficient (Wildman–Crippen LogP) is -18.9. The molecule has 14 bridgehead atoms. The van der Waals surface area contributed by atoms with Crippen molar-refractivity contribution in [3.8, 4) is 45.6 Å². The van der Waals surface area contributed by atoms with Gasteiger partial charge in [0.15, 0.2) is 23.3 Å². The minimum absolute atomic E-state index is 0. The van der Waals surface area contributed by atoms with E-state index in [1.165, 1.54) is 0 Å². The Bertz CT molecular complexity index is 7080. The Hall–Kier alpha value is -3.66. The van der Waals surface area contributed by atoms with Gasteiger partial charge < -0.3 is 79.2 Å². The number of benzene rings is 8. The maximum absolute atomic E-state index is 9.08. The third-order valence-corrected chi connectivity index (χ3v) is 18.4. The van der Waals surface area contributed by atoms with Gasteiger partial charge in [0.25, 0.3) is 0 Å². The summed E-state index contributed by atoms with van der Waals surface area (Å²) in [7, 11) is -29.7. The quantitative estimate of drug-likeness (QED) is 0.0773. The van der Waals surface area contributed by atoms with E-state index in [4.69, 9.17) is 173 Å². The Morgan fingerprint density at radius 1 is 0.267 bits per heavy atom. The molecular weight excluding hydrogens is 2020 g/mol. The largest absolute Gasteiger partial charge is 2.00 e. The number of fused-ring (bicyclic) bond motifs is 34. The number of aromatic nitrogens is 10. The van der Waals surface area contributed by atoms with Gasteiger partial charge in [0, 0.05) is 126 Å². The number of hydrogen-bond donors (Lipinski definition) is 0. The van der Waals surface area contributed by atoms with Crippen LogP contribution in [0.1, 0.15) is 22.3 Å². The predicted molar refractivity (Wildman–Crippen MR) is 447 cm³/mol. The van der Waals surface area contributed by atoms with Crippen molar-refractivity contribution in [3.63, 3.8) is 0 Å². The summed E-state index contributed by atoms with van der Waals surface area (Å²) < 4.78 is 219. The van der Waals surface area contributed by atoms with E-state index in [0.29, 0.717) is 107 Å². The van der Waals surface area contributed by atoms with Gasteiger partial charge in [0.05, 0.1) is 84.0 Å². The molecule has 0 aliphatic carbocycles. The van der Waals surface area contributed by atoms with E-state index < -0.39 is 96.5 Å². The first-order valence-electron chi connectivity index (χ1n) is 33.3. The molecule has 5 aromatic heterocycles. The second-order valence-corrected chi connectivity index (χ2v) is 36.7. The molecule has 0 saturated carbocycles. The number of hydrogen-bond acceptors (Lipinski definition) is 36. The monoisotopic (exact) mass is 2070 g/mol. The van der Waals surface area contributed by atoms with Crippen LogP contribution < -0.4 is 257 Å². The maximum atomic E-state index is 9.08. The van der Waals surface area contributed by atoms with E-state index in [1.807, 2.05) is 121 Å². The molecule has 13 aromatic rings. The third kappa shape index (κ3) is 37.5. The van der Waals surface area contributed by atoms with E-state index in [1.54, 1.807) is 0 Å². The minimum atomic E-state index is -3.92. The molecule has 0 spiro atoms. The zero-order valence-corrected chi connectivity index (χ0v) is 99.6. The summed E-state index contributed by atoms with van der Waals surface area (Å²) in [6, 6.07) is 65.0. The third-order valence-electron chi connectivity index (χ3n) is 15.9. The van der Waals surface area contributed by atoms with E-state index in [-0.39, 0.29) is 271 Å². The summed E-state index contributed by atoms with van der Waals surface area (Å²) in [6.45, 7) is 0. The first-order valence-corrected chi connectivity index (χ1v) is 48.4. The van der Waals surface area contributed by atoms with Crippen LogP contribution in [0.3, 0.4) is 0 Å². The Kier molecular flexibility index (Phi) is 54.7. The average molecular weight is 2080 g/mol. The van der Waals surface area contributed by atoms with Gasteiger partial charge in [-0.3, -0.25) is 0 Å². The van der Waals surface area contributed by atoms with Crippen molar-refractivity contribution < 1.29 is 359 Å². The molecule has 40 nitrogen and oxygen atoms in total.